The number of nitrogens with one attached hydrogen (secondary N) is 1. The van der Waals surface area contributed by atoms with E-state index in [1.54, 1.807) is 0 Å². The molecule has 1 aromatic rings. The van der Waals surface area contributed by atoms with Crippen LogP contribution in [0.3, 0.4) is 0 Å². The summed E-state index contributed by atoms with van der Waals surface area (Å²) in [5.74, 6) is -0.587. The van der Waals surface area contributed by atoms with Gasteiger partial charge in [0.25, 0.3) is 5.56 Å². The summed E-state index contributed by atoms with van der Waals surface area (Å²) in [7, 11) is 1.22. The number of anilines is 1. The zero-order valence-electron chi connectivity index (χ0n) is 9.57. The first kappa shape index (κ1) is 14.5. The summed E-state index contributed by atoms with van der Waals surface area (Å²) >= 11 is 11.4. The van der Waals surface area contributed by atoms with Gasteiger partial charge in [-0.15, -0.1) is 0 Å². The molecule has 0 aromatic carbocycles. The lowest BCUT2D eigenvalue weighted by Gasteiger charge is -2.08. The highest BCUT2D eigenvalue weighted by Gasteiger charge is 2.11. The fourth-order valence-corrected chi connectivity index (χ4v) is 1.36. The molecule has 6 nitrogen and oxygen atoms in total. The van der Waals surface area contributed by atoms with Crippen LogP contribution in [0.1, 0.15) is 0 Å². The average molecular weight is 292 g/mol. The Morgan fingerprint density at radius 1 is 1.67 bits per heavy atom. The van der Waals surface area contributed by atoms with Crippen molar-refractivity contribution in [2.45, 2.75) is 6.54 Å². The molecule has 1 aromatic heterocycles. The van der Waals surface area contributed by atoms with Gasteiger partial charge in [0, 0.05) is 5.03 Å². The number of carbonyl (C=O) groups is 1. The van der Waals surface area contributed by atoms with Crippen LogP contribution in [0.2, 0.25) is 5.02 Å². The van der Waals surface area contributed by atoms with Crippen LogP contribution in [-0.2, 0) is 16.1 Å². The molecule has 0 atom stereocenters. The lowest BCUT2D eigenvalue weighted by Crippen LogP contribution is -2.28. The molecule has 0 spiro atoms. The molecule has 0 aliphatic heterocycles. The fraction of sp³-hybridized carbons (Fsp3) is 0.300. The summed E-state index contributed by atoms with van der Waals surface area (Å²) in [6.07, 6.45) is 1.33. The van der Waals surface area contributed by atoms with Crippen molar-refractivity contribution in [2.75, 3.05) is 19.0 Å². The molecule has 1 N–H and O–H groups in total. The number of nitrogens with zero attached hydrogens (tertiary/aromatic N) is 2. The van der Waals surface area contributed by atoms with Gasteiger partial charge in [0.2, 0.25) is 0 Å². The molecule has 1 heterocycles. The third kappa shape index (κ3) is 3.75. The fourth-order valence-electron chi connectivity index (χ4n) is 1.08. The predicted octanol–water partition coefficient (Wildman–Crippen LogP) is 1.23. The Morgan fingerprint density at radius 3 is 2.89 bits per heavy atom. The van der Waals surface area contributed by atoms with E-state index in [1.807, 2.05) is 0 Å². The van der Waals surface area contributed by atoms with Crippen molar-refractivity contribution in [1.82, 2.24) is 9.78 Å². The number of carbonyl (C=O) groups excluding carboxylic acids is 1. The lowest BCUT2D eigenvalue weighted by molar-refractivity contribution is -0.141. The van der Waals surface area contributed by atoms with E-state index in [2.05, 4.69) is 21.7 Å². The Kier molecular flexibility index (Phi) is 5.18. The maximum Gasteiger partial charge on any atom is 0.327 e. The number of hydrogen-bond acceptors (Lipinski definition) is 5. The molecular formula is C10H11Cl2N3O3. The van der Waals surface area contributed by atoms with Crippen molar-refractivity contribution < 1.29 is 9.53 Å². The average Bonchev–Trinajstić information content (AvgIpc) is 2.33. The number of hydrogen-bond donors (Lipinski definition) is 1. The van der Waals surface area contributed by atoms with Crippen molar-refractivity contribution >= 4 is 34.9 Å². The van der Waals surface area contributed by atoms with Gasteiger partial charge < -0.3 is 10.1 Å². The highest BCUT2D eigenvalue weighted by atomic mass is 35.5. The first-order chi connectivity index (χ1) is 8.45. The standard InChI is InChI=1S/C10H11Cl2N3O3/c1-6(11)3-13-7-4-14-15(5-8(16)18-2)10(17)9(7)12/h4,13H,1,3,5H2,2H3. The number of halogens is 2. The molecule has 0 radical (unpaired) electrons. The zero-order chi connectivity index (χ0) is 13.7. The molecule has 0 fully saturated rings. The summed E-state index contributed by atoms with van der Waals surface area (Å²) in [5.41, 5.74) is -0.267. The highest BCUT2D eigenvalue weighted by Crippen LogP contribution is 2.15. The molecule has 0 aliphatic rings. The van der Waals surface area contributed by atoms with E-state index in [1.165, 1.54) is 13.3 Å². The van der Waals surface area contributed by atoms with E-state index in [9.17, 15) is 9.59 Å². The maximum atomic E-state index is 11.8. The largest absolute Gasteiger partial charge is 0.468 e. The Morgan fingerprint density at radius 2 is 2.33 bits per heavy atom. The predicted molar refractivity (Wildman–Crippen MR) is 69.0 cm³/mol. The molecule has 0 saturated carbocycles. The van der Waals surface area contributed by atoms with Crippen LogP contribution in [0.25, 0.3) is 0 Å². The van der Waals surface area contributed by atoms with E-state index in [0.717, 1.165) is 4.68 Å². The number of ether oxygens (including phenoxy) is 1. The molecule has 0 aliphatic carbocycles. The van der Waals surface area contributed by atoms with Crippen LogP contribution < -0.4 is 10.9 Å². The van der Waals surface area contributed by atoms with E-state index in [4.69, 9.17) is 23.2 Å². The van der Waals surface area contributed by atoms with E-state index < -0.39 is 11.5 Å². The quantitative estimate of drug-likeness (QED) is 0.826. The van der Waals surface area contributed by atoms with E-state index >= 15 is 0 Å². The number of methoxy groups -OCH3 is 1. The van der Waals surface area contributed by atoms with Crippen molar-refractivity contribution in [1.29, 1.82) is 0 Å². The second-order valence-electron chi connectivity index (χ2n) is 3.28. The SMILES string of the molecule is C=C(Cl)CNc1cnn(CC(=O)OC)c(=O)c1Cl. The molecular weight excluding hydrogens is 281 g/mol. The van der Waals surface area contributed by atoms with E-state index in [0.29, 0.717) is 10.7 Å². The topological polar surface area (TPSA) is 73.2 Å². The van der Waals surface area contributed by atoms with Crippen molar-refractivity contribution in [2.24, 2.45) is 0 Å². The molecule has 8 heteroatoms. The van der Waals surface area contributed by atoms with Gasteiger partial charge in [0.1, 0.15) is 11.6 Å². The zero-order valence-corrected chi connectivity index (χ0v) is 11.1. The van der Waals surface area contributed by atoms with E-state index in [-0.39, 0.29) is 18.1 Å². The summed E-state index contributed by atoms with van der Waals surface area (Å²) in [4.78, 5) is 22.8. The minimum Gasteiger partial charge on any atom is -0.468 e. The van der Waals surface area contributed by atoms with Gasteiger partial charge in [-0.1, -0.05) is 29.8 Å². The lowest BCUT2D eigenvalue weighted by atomic mass is 10.4. The van der Waals surface area contributed by atoms with Crippen LogP contribution in [-0.4, -0.2) is 29.4 Å². The molecule has 18 heavy (non-hydrogen) atoms. The monoisotopic (exact) mass is 291 g/mol. The molecule has 0 saturated heterocycles. The smallest absolute Gasteiger partial charge is 0.327 e. The molecule has 1 rings (SSSR count). The highest BCUT2D eigenvalue weighted by molar-refractivity contribution is 6.33. The third-order valence-corrected chi connectivity index (χ3v) is 2.46. The first-order valence-corrected chi connectivity index (χ1v) is 5.61. The van der Waals surface area contributed by atoms with Gasteiger partial charge in [0.15, 0.2) is 0 Å². The van der Waals surface area contributed by atoms with Crippen molar-refractivity contribution in [3.05, 3.63) is 33.2 Å². The number of rotatable bonds is 5. The van der Waals surface area contributed by atoms with Gasteiger partial charge in [-0.3, -0.25) is 9.59 Å². The summed E-state index contributed by atoms with van der Waals surface area (Å²) in [6.45, 7) is 3.44. The minimum atomic E-state index is -0.591. The molecule has 0 unspecified atom stereocenters. The van der Waals surface area contributed by atoms with Crippen molar-refractivity contribution in [3.8, 4) is 0 Å². The summed E-state index contributed by atoms with van der Waals surface area (Å²) in [6, 6.07) is 0. The Hall–Kier alpha value is -1.53. The minimum absolute atomic E-state index is 0.0770. The maximum absolute atomic E-state index is 11.8. The van der Waals surface area contributed by atoms with Crippen LogP contribution in [0.4, 0.5) is 5.69 Å². The molecule has 0 amide bonds. The number of aromatic nitrogens is 2. The van der Waals surface area contributed by atoms with Gasteiger partial charge in [0.05, 0.1) is 25.5 Å². The van der Waals surface area contributed by atoms with Gasteiger partial charge in [-0.05, 0) is 0 Å². The summed E-state index contributed by atoms with van der Waals surface area (Å²) in [5, 5.41) is 6.87. The van der Waals surface area contributed by atoms with Crippen LogP contribution in [0, 0.1) is 0 Å². The second kappa shape index (κ2) is 6.42. The molecule has 0 bridgehead atoms. The Balaban J connectivity index is 2.94. The summed E-state index contributed by atoms with van der Waals surface area (Å²) < 4.78 is 5.34. The third-order valence-electron chi connectivity index (χ3n) is 1.96. The van der Waals surface area contributed by atoms with Gasteiger partial charge in [-0.2, -0.15) is 5.10 Å². The number of esters is 1. The normalized spacial score (nSPS) is 9.94. The van der Waals surface area contributed by atoms with Crippen LogP contribution >= 0.6 is 23.2 Å². The Bertz CT molecular complexity index is 528. The first-order valence-electron chi connectivity index (χ1n) is 4.85. The van der Waals surface area contributed by atoms with Crippen molar-refractivity contribution in [3.63, 3.8) is 0 Å². The molecule has 98 valence electrons. The van der Waals surface area contributed by atoms with Crippen LogP contribution in [0.5, 0.6) is 0 Å². The second-order valence-corrected chi connectivity index (χ2v) is 4.19. The van der Waals surface area contributed by atoms with Gasteiger partial charge in [-0.25, -0.2) is 4.68 Å². The van der Waals surface area contributed by atoms with Gasteiger partial charge >= 0.3 is 5.97 Å². The Labute approximate surface area is 113 Å². The van der Waals surface area contributed by atoms with Crippen LogP contribution in [0.15, 0.2) is 22.6 Å².